The summed E-state index contributed by atoms with van der Waals surface area (Å²) in [5.41, 5.74) is 1.39. The van der Waals surface area contributed by atoms with Crippen molar-refractivity contribution in [2.45, 2.75) is 32.1 Å². The molecule has 0 bridgehead atoms. The molecule has 0 unspecified atom stereocenters. The highest BCUT2D eigenvalue weighted by atomic mass is 16.6. The maximum absolute atomic E-state index is 10.4. The Kier molecular flexibility index (Phi) is 4.22. The number of hydrogen-bond donors (Lipinski definition) is 1. The molecule has 6 heteroatoms. The summed E-state index contributed by atoms with van der Waals surface area (Å²) in [4.78, 5) is 17.7. The first-order valence-corrected chi connectivity index (χ1v) is 6.14. The summed E-state index contributed by atoms with van der Waals surface area (Å²) in [6.45, 7) is 0.768. The first-order chi connectivity index (χ1) is 8.75. The van der Waals surface area contributed by atoms with E-state index in [1.165, 1.54) is 43.7 Å². The monoisotopic (exact) mass is 248 g/mol. The summed E-state index contributed by atoms with van der Waals surface area (Å²) in [6.07, 6.45) is 10.7. The molecule has 0 aliphatic heterocycles. The SMILES string of the molecule is O=[N+]([O-])c1cnc(NCCC2=CCCCC2)nc1. The smallest absolute Gasteiger partial charge is 0.305 e. The minimum atomic E-state index is -0.503. The van der Waals surface area contributed by atoms with Gasteiger partial charge < -0.3 is 5.32 Å². The Morgan fingerprint density at radius 1 is 1.33 bits per heavy atom. The van der Waals surface area contributed by atoms with Gasteiger partial charge in [-0.05, 0) is 32.1 Å². The molecule has 1 N–H and O–H groups in total. The van der Waals surface area contributed by atoms with Crippen LogP contribution < -0.4 is 5.32 Å². The number of aromatic nitrogens is 2. The zero-order valence-electron chi connectivity index (χ0n) is 10.1. The van der Waals surface area contributed by atoms with Crippen molar-refractivity contribution in [3.63, 3.8) is 0 Å². The van der Waals surface area contributed by atoms with Crippen LogP contribution in [0.15, 0.2) is 24.0 Å². The molecule has 0 atom stereocenters. The second kappa shape index (κ2) is 6.09. The molecule has 0 amide bonds. The van der Waals surface area contributed by atoms with E-state index >= 15 is 0 Å². The van der Waals surface area contributed by atoms with E-state index in [1.54, 1.807) is 0 Å². The van der Waals surface area contributed by atoms with Crippen LogP contribution in [0.1, 0.15) is 32.1 Å². The highest BCUT2D eigenvalue weighted by Crippen LogP contribution is 2.19. The Hall–Kier alpha value is -1.98. The first-order valence-electron chi connectivity index (χ1n) is 6.14. The van der Waals surface area contributed by atoms with Gasteiger partial charge in [-0.3, -0.25) is 10.1 Å². The van der Waals surface area contributed by atoms with Gasteiger partial charge in [-0.15, -0.1) is 0 Å². The lowest BCUT2D eigenvalue weighted by molar-refractivity contribution is -0.385. The predicted molar refractivity (Wildman–Crippen MR) is 68.3 cm³/mol. The number of anilines is 1. The number of rotatable bonds is 5. The summed E-state index contributed by atoms with van der Waals surface area (Å²) in [6, 6.07) is 0. The topological polar surface area (TPSA) is 81.0 Å². The maximum atomic E-state index is 10.4. The van der Waals surface area contributed by atoms with Crippen LogP contribution >= 0.6 is 0 Å². The summed E-state index contributed by atoms with van der Waals surface area (Å²) < 4.78 is 0. The molecule has 1 aliphatic rings. The number of allylic oxidation sites excluding steroid dienone is 1. The molecule has 2 rings (SSSR count). The molecule has 18 heavy (non-hydrogen) atoms. The minimum Gasteiger partial charge on any atom is -0.354 e. The molecule has 1 aromatic rings. The Bertz CT molecular complexity index is 442. The van der Waals surface area contributed by atoms with Crippen LogP contribution in [0.4, 0.5) is 11.6 Å². The van der Waals surface area contributed by atoms with Gasteiger partial charge in [-0.25, -0.2) is 9.97 Å². The number of hydrogen-bond acceptors (Lipinski definition) is 5. The fraction of sp³-hybridized carbons (Fsp3) is 0.500. The lowest BCUT2D eigenvalue weighted by atomic mass is 9.97. The molecular formula is C12H16N4O2. The van der Waals surface area contributed by atoms with E-state index < -0.39 is 4.92 Å². The molecule has 1 aromatic heterocycles. The van der Waals surface area contributed by atoms with Crippen molar-refractivity contribution in [2.75, 3.05) is 11.9 Å². The molecule has 0 saturated heterocycles. The van der Waals surface area contributed by atoms with Gasteiger partial charge in [0.2, 0.25) is 5.95 Å². The quantitative estimate of drug-likeness (QED) is 0.492. The largest absolute Gasteiger partial charge is 0.354 e. The van der Waals surface area contributed by atoms with E-state index in [-0.39, 0.29) is 5.69 Å². The van der Waals surface area contributed by atoms with Gasteiger partial charge in [0, 0.05) is 6.54 Å². The van der Waals surface area contributed by atoms with Crippen LogP contribution in [-0.2, 0) is 0 Å². The first kappa shape index (κ1) is 12.5. The zero-order chi connectivity index (χ0) is 12.8. The maximum Gasteiger partial charge on any atom is 0.305 e. The van der Waals surface area contributed by atoms with E-state index in [1.807, 2.05) is 0 Å². The molecule has 0 aromatic carbocycles. The molecule has 1 heterocycles. The molecule has 0 radical (unpaired) electrons. The van der Waals surface area contributed by atoms with Gasteiger partial charge in [-0.1, -0.05) is 11.6 Å². The van der Waals surface area contributed by atoms with Crippen LogP contribution in [0.25, 0.3) is 0 Å². The second-order valence-corrected chi connectivity index (χ2v) is 4.31. The summed E-state index contributed by atoms with van der Waals surface area (Å²) in [5.74, 6) is 0.442. The third-order valence-corrected chi connectivity index (χ3v) is 2.96. The summed E-state index contributed by atoms with van der Waals surface area (Å²) in [5, 5.41) is 13.5. The fourth-order valence-electron chi connectivity index (χ4n) is 1.97. The van der Waals surface area contributed by atoms with Crippen molar-refractivity contribution in [1.29, 1.82) is 0 Å². The van der Waals surface area contributed by atoms with Gasteiger partial charge in [0.15, 0.2) is 0 Å². The highest BCUT2D eigenvalue weighted by molar-refractivity contribution is 5.30. The van der Waals surface area contributed by atoms with Gasteiger partial charge in [0.05, 0.1) is 4.92 Å². The lowest BCUT2D eigenvalue weighted by Crippen LogP contribution is -2.07. The molecule has 0 spiro atoms. The lowest BCUT2D eigenvalue weighted by Gasteiger charge is -2.12. The number of nitro groups is 1. The van der Waals surface area contributed by atoms with Gasteiger partial charge in [0.1, 0.15) is 12.4 Å². The van der Waals surface area contributed by atoms with Crippen molar-refractivity contribution < 1.29 is 4.92 Å². The third-order valence-electron chi connectivity index (χ3n) is 2.96. The fourth-order valence-corrected chi connectivity index (χ4v) is 1.97. The Labute approximate surface area is 105 Å². The van der Waals surface area contributed by atoms with Crippen molar-refractivity contribution in [3.8, 4) is 0 Å². The van der Waals surface area contributed by atoms with Crippen LogP contribution in [-0.4, -0.2) is 21.4 Å². The Morgan fingerprint density at radius 3 is 2.72 bits per heavy atom. The molecule has 0 fully saturated rings. The van der Waals surface area contributed by atoms with Crippen molar-refractivity contribution >= 4 is 11.6 Å². The van der Waals surface area contributed by atoms with E-state index in [2.05, 4.69) is 21.4 Å². The molecule has 0 saturated carbocycles. The van der Waals surface area contributed by atoms with E-state index in [9.17, 15) is 10.1 Å². The van der Waals surface area contributed by atoms with Crippen molar-refractivity contribution in [2.24, 2.45) is 0 Å². The molecule has 6 nitrogen and oxygen atoms in total. The highest BCUT2D eigenvalue weighted by Gasteiger charge is 2.07. The Morgan fingerprint density at radius 2 is 2.11 bits per heavy atom. The number of nitrogens with zero attached hydrogens (tertiary/aromatic N) is 3. The zero-order valence-corrected chi connectivity index (χ0v) is 10.1. The summed E-state index contributed by atoms with van der Waals surface area (Å²) in [7, 11) is 0. The van der Waals surface area contributed by atoms with E-state index in [0.29, 0.717) is 5.95 Å². The van der Waals surface area contributed by atoms with Gasteiger partial charge >= 0.3 is 5.69 Å². The third kappa shape index (κ3) is 3.51. The van der Waals surface area contributed by atoms with Crippen LogP contribution in [0.3, 0.4) is 0 Å². The van der Waals surface area contributed by atoms with Gasteiger partial charge in [-0.2, -0.15) is 0 Å². The van der Waals surface area contributed by atoms with E-state index in [0.717, 1.165) is 13.0 Å². The normalized spacial score (nSPS) is 15.0. The van der Waals surface area contributed by atoms with Gasteiger partial charge in [0.25, 0.3) is 0 Å². The average molecular weight is 248 g/mol. The Balaban J connectivity index is 1.79. The summed E-state index contributed by atoms with van der Waals surface area (Å²) >= 11 is 0. The molecular weight excluding hydrogens is 232 g/mol. The number of nitrogens with one attached hydrogen (secondary N) is 1. The van der Waals surface area contributed by atoms with Crippen molar-refractivity contribution in [1.82, 2.24) is 9.97 Å². The van der Waals surface area contributed by atoms with Crippen LogP contribution in [0.5, 0.6) is 0 Å². The van der Waals surface area contributed by atoms with Crippen molar-refractivity contribution in [3.05, 3.63) is 34.2 Å². The predicted octanol–water partition coefficient (Wildman–Crippen LogP) is 2.69. The average Bonchev–Trinajstić information content (AvgIpc) is 2.40. The minimum absolute atomic E-state index is 0.0875. The van der Waals surface area contributed by atoms with Crippen LogP contribution in [0.2, 0.25) is 0 Å². The molecule has 1 aliphatic carbocycles. The molecule has 96 valence electrons. The second-order valence-electron chi connectivity index (χ2n) is 4.31. The van der Waals surface area contributed by atoms with Crippen LogP contribution in [0, 0.1) is 10.1 Å². The van der Waals surface area contributed by atoms with E-state index in [4.69, 9.17) is 0 Å². The standard InChI is InChI=1S/C12H16N4O2/c17-16(18)11-8-14-12(15-9-11)13-7-6-10-4-2-1-3-5-10/h4,8-9H,1-3,5-7H2,(H,13,14,15).